The van der Waals surface area contributed by atoms with E-state index in [1.807, 2.05) is 18.2 Å². The highest BCUT2D eigenvalue weighted by atomic mass is 79.9. The zero-order valence-electron chi connectivity index (χ0n) is 9.30. The van der Waals surface area contributed by atoms with E-state index in [1.165, 1.54) is 0 Å². The van der Waals surface area contributed by atoms with Crippen LogP contribution in [-0.2, 0) is 4.79 Å². The second-order valence-corrected chi connectivity index (χ2v) is 5.89. The van der Waals surface area contributed by atoms with E-state index in [-0.39, 0.29) is 11.9 Å². The summed E-state index contributed by atoms with van der Waals surface area (Å²) in [6, 6.07) is 5.66. The molecular weight excluding hydrogens is 348 g/mol. The number of anilines is 1. The van der Waals surface area contributed by atoms with Crippen LogP contribution in [0, 0.1) is 0 Å². The van der Waals surface area contributed by atoms with Crippen molar-refractivity contribution in [3.8, 4) is 0 Å². The monoisotopic (exact) mass is 360 g/mol. The number of rotatable bonds is 2. The molecule has 0 radical (unpaired) electrons. The predicted molar refractivity (Wildman–Crippen MR) is 76.1 cm³/mol. The number of nitrogens with one attached hydrogen (secondary N) is 2. The van der Waals surface area contributed by atoms with Crippen molar-refractivity contribution in [3.05, 3.63) is 27.1 Å². The van der Waals surface area contributed by atoms with Crippen LogP contribution in [0.2, 0.25) is 0 Å². The van der Waals surface area contributed by atoms with Crippen molar-refractivity contribution in [3.63, 3.8) is 0 Å². The first-order chi connectivity index (χ1) is 8.16. The SMILES string of the molecule is O=C(Nc1ccc(Br)cc1Br)C1CCCCN1. The summed E-state index contributed by atoms with van der Waals surface area (Å²) in [4.78, 5) is 12.0. The minimum Gasteiger partial charge on any atom is -0.324 e. The summed E-state index contributed by atoms with van der Waals surface area (Å²) in [7, 11) is 0. The molecule has 1 aliphatic rings. The number of carbonyl (C=O) groups is 1. The van der Waals surface area contributed by atoms with Gasteiger partial charge in [-0.1, -0.05) is 22.4 Å². The quantitative estimate of drug-likeness (QED) is 0.848. The van der Waals surface area contributed by atoms with Crippen LogP contribution in [0.4, 0.5) is 5.69 Å². The van der Waals surface area contributed by atoms with Gasteiger partial charge in [0.05, 0.1) is 11.7 Å². The lowest BCUT2D eigenvalue weighted by atomic mass is 10.0. The van der Waals surface area contributed by atoms with Crippen LogP contribution in [0.25, 0.3) is 0 Å². The molecule has 1 aliphatic heterocycles. The Kier molecular flexibility index (Phi) is 4.59. The van der Waals surface area contributed by atoms with Gasteiger partial charge in [-0.05, 0) is 53.5 Å². The minimum absolute atomic E-state index is 0.0488. The van der Waals surface area contributed by atoms with Crippen molar-refractivity contribution < 1.29 is 4.79 Å². The third-order valence-corrected chi connectivity index (χ3v) is 3.97. The maximum atomic E-state index is 12.0. The molecule has 0 bridgehead atoms. The van der Waals surface area contributed by atoms with Crippen molar-refractivity contribution in [1.29, 1.82) is 0 Å². The van der Waals surface area contributed by atoms with Gasteiger partial charge in [0, 0.05) is 8.95 Å². The molecule has 0 aliphatic carbocycles. The fourth-order valence-corrected chi connectivity index (χ4v) is 3.03. The largest absolute Gasteiger partial charge is 0.324 e. The molecule has 1 fully saturated rings. The number of benzene rings is 1. The highest BCUT2D eigenvalue weighted by Gasteiger charge is 2.20. The minimum atomic E-state index is -0.0562. The molecule has 17 heavy (non-hydrogen) atoms. The number of halogens is 2. The first-order valence-electron chi connectivity index (χ1n) is 5.66. The molecule has 3 nitrogen and oxygen atoms in total. The number of piperidine rings is 1. The van der Waals surface area contributed by atoms with Crippen LogP contribution in [-0.4, -0.2) is 18.5 Å². The Morgan fingerprint density at radius 3 is 2.82 bits per heavy atom. The Bertz CT molecular complexity index is 417. The Balaban J connectivity index is 2.02. The second kappa shape index (κ2) is 5.98. The maximum Gasteiger partial charge on any atom is 0.241 e. The molecule has 92 valence electrons. The zero-order chi connectivity index (χ0) is 12.3. The summed E-state index contributed by atoms with van der Waals surface area (Å²) in [5.41, 5.74) is 0.811. The average molecular weight is 362 g/mol. The van der Waals surface area contributed by atoms with Crippen molar-refractivity contribution in [2.24, 2.45) is 0 Å². The molecule has 1 heterocycles. The van der Waals surface area contributed by atoms with Crippen molar-refractivity contribution >= 4 is 43.5 Å². The van der Waals surface area contributed by atoms with E-state index in [4.69, 9.17) is 0 Å². The summed E-state index contributed by atoms with van der Waals surface area (Å²) in [6.07, 6.45) is 3.19. The second-order valence-electron chi connectivity index (χ2n) is 4.12. The first kappa shape index (κ1) is 13.1. The van der Waals surface area contributed by atoms with Crippen molar-refractivity contribution in [1.82, 2.24) is 5.32 Å². The molecule has 1 aromatic carbocycles. The van der Waals surface area contributed by atoms with Gasteiger partial charge in [0.15, 0.2) is 0 Å². The fourth-order valence-electron chi connectivity index (χ4n) is 1.89. The van der Waals surface area contributed by atoms with Crippen LogP contribution < -0.4 is 10.6 Å². The van der Waals surface area contributed by atoms with E-state index >= 15 is 0 Å². The Labute approximate surface area is 118 Å². The van der Waals surface area contributed by atoms with E-state index in [0.29, 0.717) is 0 Å². The highest BCUT2D eigenvalue weighted by Crippen LogP contribution is 2.26. The molecule has 5 heteroatoms. The molecule has 1 aromatic rings. The van der Waals surface area contributed by atoms with E-state index < -0.39 is 0 Å². The Morgan fingerprint density at radius 2 is 2.18 bits per heavy atom. The lowest BCUT2D eigenvalue weighted by Crippen LogP contribution is -2.43. The van der Waals surface area contributed by atoms with Gasteiger partial charge in [-0.2, -0.15) is 0 Å². The van der Waals surface area contributed by atoms with Crippen LogP contribution in [0.1, 0.15) is 19.3 Å². The number of amides is 1. The van der Waals surface area contributed by atoms with Crippen LogP contribution in [0.15, 0.2) is 27.1 Å². The van der Waals surface area contributed by atoms with Gasteiger partial charge in [0.1, 0.15) is 0 Å². The van der Waals surface area contributed by atoms with Gasteiger partial charge < -0.3 is 10.6 Å². The lowest BCUT2D eigenvalue weighted by Gasteiger charge is -2.22. The van der Waals surface area contributed by atoms with Crippen LogP contribution in [0.5, 0.6) is 0 Å². The molecule has 1 saturated heterocycles. The van der Waals surface area contributed by atoms with Gasteiger partial charge >= 0.3 is 0 Å². The van der Waals surface area contributed by atoms with Crippen LogP contribution >= 0.6 is 31.9 Å². The topological polar surface area (TPSA) is 41.1 Å². The third-order valence-electron chi connectivity index (χ3n) is 2.82. The zero-order valence-corrected chi connectivity index (χ0v) is 12.5. The van der Waals surface area contributed by atoms with Crippen molar-refractivity contribution in [2.45, 2.75) is 25.3 Å². The summed E-state index contributed by atoms with van der Waals surface area (Å²) < 4.78 is 1.87. The van der Waals surface area contributed by atoms with E-state index in [2.05, 4.69) is 42.5 Å². The van der Waals surface area contributed by atoms with E-state index in [1.54, 1.807) is 0 Å². The van der Waals surface area contributed by atoms with E-state index in [9.17, 15) is 4.79 Å². The molecule has 1 atom stereocenters. The molecule has 0 saturated carbocycles. The van der Waals surface area contributed by atoms with Gasteiger partial charge in [0.2, 0.25) is 5.91 Å². The van der Waals surface area contributed by atoms with Crippen molar-refractivity contribution in [2.75, 3.05) is 11.9 Å². The predicted octanol–water partition coefficient (Wildman–Crippen LogP) is 3.29. The average Bonchev–Trinajstić information content (AvgIpc) is 2.34. The van der Waals surface area contributed by atoms with Gasteiger partial charge in [0.25, 0.3) is 0 Å². The first-order valence-corrected chi connectivity index (χ1v) is 7.25. The fraction of sp³-hybridized carbons (Fsp3) is 0.417. The molecule has 0 aromatic heterocycles. The van der Waals surface area contributed by atoms with E-state index in [0.717, 1.165) is 40.4 Å². The summed E-state index contributed by atoms with van der Waals surface area (Å²) in [5, 5.41) is 6.17. The number of carbonyl (C=O) groups excluding carboxylic acids is 1. The van der Waals surface area contributed by atoms with Gasteiger partial charge in [-0.25, -0.2) is 0 Å². The normalized spacial score (nSPS) is 20.0. The van der Waals surface area contributed by atoms with Gasteiger partial charge in [-0.3, -0.25) is 4.79 Å². The highest BCUT2D eigenvalue weighted by molar-refractivity contribution is 9.11. The maximum absolute atomic E-state index is 12.0. The molecule has 2 rings (SSSR count). The molecule has 1 amide bonds. The Morgan fingerprint density at radius 1 is 1.35 bits per heavy atom. The Hall–Kier alpha value is -0.390. The number of hydrogen-bond acceptors (Lipinski definition) is 2. The molecular formula is C12H14Br2N2O. The third kappa shape index (κ3) is 3.53. The summed E-state index contributed by atoms with van der Waals surface area (Å²) in [6.45, 7) is 0.930. The number of hydrogen-bond donors (Lipinski definition) is 2. The summed E-state index contributed by atoms with van der Waals surface area (Å²) >= 11 is 6.82. The lowest BCUT2D eigenvalue weighted by molar-refractivity contribution is -0.118. The summed E-state index contributed by atoms with van der Waals surface area (Å²) in [5.74, 6) is 0.0488. The molecule has 0 spiro atoms. The smallest absolute Gasteiger partial charge is 0.241 e. The molecule has 1 unspecified atom stereocenters. The molecule has 2 N–H and O–H groups in total. The van der Waals surface area contributed by atoms with Crippen LogP contribution in [0.3, 0.4) is 0 Å². The standard InChI is InChI=1S/C12H14Br2N2O/c13-8-4-5-10(9(14)7-8)16-12(17)11-3-1-2-6-15-11/h4-5,7,11,15H,1-3,6H2,(H,16,17). The van der Waals surface area contributed by atoms with Gasteiger partial charge in [-0.15, -0.1) is 0 Å².